The molecule has 0 aliphatic carbocycles. The summed E-state index contributed by atoms with van der Waals surface area (Å²) in [5.74, 6) is 1.30. The lowest BCUT2D eigenvalue weighted by Crippen LogP contribution is -2.51. The van der Waals surface area contributed by atoms with Gasteiger partial charge in [-0.2, -0.15) is 5.10 Å². The van der Waals surface area contributed by atoms with Crippen molar-refractivity contribution in [2.75, 3.05) is 57.5 Å². The van der Waals surface area contributed by atoms with Crippen LogP contribution in [0.15, 0.2) is 24.5 Å². The molecule has 0 aromatic carbocycles. The van der Waals surface area contributed by atoms with Crippen molar-refractivity contribution in [3.05, 3.63) is 24.5 Å². The summed E-state index contributed by atoms with van der Waals surface area (Å²) in [6.45, 7) is 7.75. The number of ether oxygens (including phenoxy) is 3. The number of nitrogens with zero attached hydrogens (tertiary/aromatic N) is 5. The van der Waals surface area contributed by atoms with Crippen molar-refractivity contribution in [2.24, 2.45) is 18.4 Å². The van der Waals surface area contributed by atoms with Crippen LogP contribution in [0.4, 0.5) is 5.69 Å². The number of aromatic nitrogens is 4. The molecule has 1 atom stereocenters. The summed E-state index contributed by atoms with van der Waals surface area (Å²) in [5, 5.41) is 5.20. The third kappa shape index (κ3) is 5.81. The van der Waals surface area contributed by atoms with Crippen molar-refractivity contribution in [3.8, 4) is 22.9 Å². The number of rotatable bonds is 9. The van der Waals surface area contributed by atoms with E-state index in [2.05, 4.69) is 26.6 Å². The fourth-order valence-electron chi connectivity index (χ4n) is 5.10. The standard InChI is InChI=1S/C25H34N6O5S/c1-25(15-35-16-25)14-31-7-5-6-17(12-31)13-36-22-9-20(28-23-19(22)11-27-30(23)2)18-8-21(29-37(4,32)33)24(34-3)26-10-18/h8-11,17,29H,5-7,12-16H2,1-4H3/t17-/m1/s1. The van der Waals surface area contributed by atoms with Crippen molar-refractivity contribution < 1.29 is 22.6 Å². The highest BCUT2D eigenvalue weighted by molar-refractivity contribution is 7.92. The first-order valence-electron chi connectivity index (χ1n) is 12.4. The Kier molecular flexibility index (Phi) is 6.99. The number of pyridine rings is 2. The van der Waals surface area contributed by atoms with Gasteiger partial charge in [0.2, 0.25) is 15.9 Å². The van der Waals surface area contributed by atoms with Crippen molar-refractivity contribution in [2.45, 2.75) is 19.8 Å². The first kappa shape index (κ1) is 25.7. The fourth-order valence-corrected chi connectivity index (χ4v) is 5.65. The van der Waals surface area contributed by atoms with Crippen LogP contribution in [0.3, 0.4) is 0 Å². The number of piperidine rings is 1. The normalized spacial score (nSPS) is 19.9. The van der Waals surface area contributed by atoms with E-state index in [4.69, 9.17) is 19.2 Å². The molecule has 12 heteroatoms. The van der Waals surface area contributed by atoms with Gasteiger partial charge in [-0.1, -0.05) is 6.92 Å². The maximum absolute atomic E-state index is 11.9. The van der Waals surface area contributed by atoms with E-state index in [-0.39, 0.29) is 17.0 Å². The molecule has 0 radical (unpaired) electrons. The van der Waals surface area contributed by atoms with Crippen molar-refractivity contribution in [1.29, 1.82) is 0 Å². The molecule has 5 rings (SSSR count). The SMILES string of the molecule is COc1ncc(-c2cc(OC[C@@H]3CCCN(CC4(C)COC4)C3)c3cnn(C)c3n2)cc1NS(C)(=O)=O. The quantitative estimate of drug-likeness (QED) is 0.445. The third-order valence-electron chi connectivity index (χ3n) is 6.89. The third-order valence-corrected chi connectivity index (χ3v) is 7.48. The average Bonchev–Trinajstić information content (AvgIpc) is 3.21. The van der Waals surface area contributed by atoms with Crippen LogP contribution in [-0.4, -0.2) is 85.9 Å². The van der Waals surface area contributed by atoms with Gasteiger partial charge < -0.3 is 19.1 Å². The molecule has 0 saturated carbocycles. The average molecular weight is 531 g/mol. The minimum atomic E-state index is -3.52. The lowest BCUT2D eigenvalue weighted by atomic mass is 9.86. The van der Waals surface area contributed by atoms with Crippen molar-refractivity contribution >= 4 is 26.7 Å². The van der Waals surface area contributed by atoms with Crippen molar-refractivity contribution in [1.82, 2.24) is 24.6 Å². The van der Waals surface area contributed by atoms with Gasteiger partial charge in [0.15, 0.2) is 5.65 Å². The highest BCUT2D eigenvalue weighted by atomic mass is 32.2. The van der Waals surface area contributed by atoms with E-state index < -0.39 is 10.0 Å². The van der Waals surface area contributed by atoms with E-state index in [0.717, 1.165) is 57.3 Å². The van der Waals surface area contributed by atoms with Gasteiger partial charge in [0.25, 0.3) is 0 Å². The Bertz CT molecular complexity index is 1390. The van der Waals surface area contributed by atoms with E-state index in [1.807, 2.05) is 13.1 Å². The van der Waals surface area contributed by atoms with Crippen LogP contribution in [0.5, 0.6) is 11.6 Å². The second-order valence-electron chi connectivity index (χ2n) is 10.5. The molecule has 1 N–H and O–H groups in total. The van der Waals surface area contributed by atoms with Crippen LogP contribution in [0.2, 0.25) is 0 Å². The summed E-state index contributed by atoms with van der Waals surface area (Å²) < 4.78 is 45.0. The Morgan fingerprint density at radius 3 is 2.78 bits per heavy atom. The Labute approximate surface area is 217 Å². The van der Waals surface area contributed by atoms with E-state index in [1.54, 1.807) is 23.1 Å². The molecular formula is C25H34N6O5S. The molecule has 0 spiro atoms. The van der Waals surface area contributed by atoms with Gasteiger partial charge in [-0.05, 0) is 25.5 Å². The monoisotopic (exact) mass is 530 g/mol. The molecule has 0 unspecified atom stereocenters. The Morgan fingerprint density at radius 2 is 2.08 bits per heavy atom. The van der Waals surface area contributed by atoms with E-state index in [1.165, 1.54) is 7.11 Å². The van der Waals surface area contributed by atoms with Crippen LogP contribution in [-0.2, 0) is 21.8 Å². The molecule has 200 valence electrons. The van der Waals surface area contributed by atoms with Gasteiger partial charge in [-0.3, -0.25) is 9.40 Å². The zero-order valence-corrected chi connectivity index (χ0v) is 22.5. The maximum Gasteiger partial charge on any atom is 0.238 e. The van der Waals surface area contributed by atoms with Crippen LogP contribution < -0.4 is 14.2 Å². The first-order chi connectivity index (χ1) is 17.6. The smallest absolute Gasteiger partial charge is 0.238 e. The lowest BCUT2D eigenvalue weighted by Gasteiger charge is -2.44. The number of hydrogen-bond donors (Lipinski definition) is 1. The summed E-state index contributed by atoms with van der Waals surface area (Å²) in [6.07, 6.45) is 6.72. The second-order valence-corrected chi connectivity index (χ2v) is 12.3. The molecule has 37 heavy (non-hydrogen) atoms. The fraction of sp³-hybridized carbons (Fsp3) is 0.560. The molecule has 0 amide bonds. The lowest BCUT2D eigenvalue weighted by molar-refractivity contribution is -0.118. The van der Waals surface area contributed by atoms with Crippen LogP contribution in [0, 0.1) is 11.3 Å². The van der Waals surface area contributed by atoms with Crippen LogP contribution in [0.1, 0.15) is 19.8 Å². The number of anilines is 1. The molecule has 11 nitrogen and oxygen atoms in total. The zero-order valence-electron chi connectivity index (χ0n) is 21.7. The van der Waals surface area contributed by atoms with E-state index in [0.29, 0.717) is 35.2 Å². The molecule has 2 saturated heterocycles. The van der Waals surface area contributed by atoms with E-state index in [9.17, 15) is 8.42 Å². The van der Waals surface area contributed by atoms with Gasteiger partial charge in [-0.25, -0.2) is 18.4 Å². The summed E-state index contributed by atoms with van der Waals surface area (Å²) in [4.78, 5) is 11.6. The molecule has 2 aliphatic heterocycles. The molecular weight excluding hydrogens is 496 g/mol. The van der Waals surface area contributed by atoms with Gasteiger partial charge >= 0.3 is 0 Å². The number of nitrogens with one attached hydrogen (secondary N) is 1. The summed E-state index contributed by atoms with van der Waals surface area (Å²) in [5.41, 5.74) is 2.40. The van der Waals surface area contributed by atoms with Crippen LogP contribution in [0.25, 0.3) is 22.3 Å². The Morgan fingerprint density at radius 1 is 1.27 bits per heavy atom. The molecule has 3 aromatic heterocycles. The van der Waals surface area contributed by atoms with Crippen molar-refractivity contribution in [3.63, 3.8) is 0 Å². The maximum atomic E-state index is 11.9. The Balaban J connectivity index is 1.38. The highest BCUT2D eigenvalue weighted by Crippen LogP contribution is 2.34. The number of likely N-dealkylation sites (tertiary alicyclic amines) is 1. The Hall–Kier alpha value is -2.96. The predicted octanol–water partition coefficient (Wildman–Crippen LogP) is 2.54. The number of methoxy groups -OCH3 is 1. The van der Waals surface area contributed by atoms with Gasteiger partial charge in [0.05, 0.1) is 50.5 Å². The second kappa shape index (κ2) is 10.1. The molecule has 3 aromatic rings. The van der Waals surface area contributed by atoms with Gasteiger partial charge in [-0.15, -0.1) is 0 Å². The number of hydrogen-bond acceptors (Lipinski definition) is 9. The summed E-state index contributed by atoms with van der Waals surface area (Å²) >= 11 is 0. The largest absolute Gasteiger partial charge is 0.492 e. The first-order valence-corrected chi connectivity index (χ1v) is 14.3. The van der Waals surface area contributed by atoms with Gasteiger partial charge in [0.1, 0.15) is 11.4 Å². The van der Waals surface area contributed by atoms with Crippen LogP contribution >= 0.6 is 0 Å². The minimum absolute atomic E-state index is 0.177. The molecule has 2 fully saturated rings. The summed E-state index contributed by atoms with van der Waals surface area (Å²) in [6, 6.07) is 3.52. The topological polar surface area (TPSA) is 121 Å². The molecule has 5 heterocycles. The highest BCUT2D eigenvalue weighted by Gasteiger charge is 2.36. The number of aryl methyl sites for hydroxylation is 1. The molecule has 2 aliphatic rings. The number of sulfonamides is 1. The van der Waals surface area contributed by atoms with Gasteiger partial charge in [0, 0.05) is 49.3 Å². The number of fused-ring (bicyclic) bond motifs is 1. The predicted molar refractivity (Wildman–Crippen MR) is 140 cm³/mol. The minimum Gasteiger partial charge on any atom is -0.492 e. The summed E-state index contributed by atoms with van der Waals surface area (Å²) in [7, 11) is -0.257. The molecule has 0 bridgehead atoms. The zero-order chi connectivity index (χ0) is 26.2. The van der Waals surface area contributed by atoms with E-state index >= 15 is 0 Å².